The van der Waals surface area contributed by atoms with E-state index in [4.69, 9.17) is 9.47 Å². The molecule has 0 spiro atoms. The number of hydrogen-bond acceptors (Lipinski definition) is 5. The molecule has 5 nitrogen and oxygen atoms in total. The van der Waals surface area contributed by atoms with Crippen LogP contribution in [0.2, 0.25) is 0 Å². The van der Waals surface area contributed by atoms with Crippen LogP contribution in [0.5, 0.6) is 0 Å². The van der Waals surface area contributed by atoms with Crippen LogP contribution in [0.4, 0.5) is 0 Å². The van der Waals surface area contributed by atoms with Crippen LogP contribution in [0.1, 0.15) is 67.7 Å². The lowest BCUT2D eigenvalue weighted by atomic mass is 9.82. The molecule has 0 amide bonds. The first-order valence-electron chi connectivity index (χ1n) is 10.9. The molecule has 160 valence electrons. The Morgan fingerprint density at radius 2 is 1.70 bits per heavy atom. The van der Waals surface area contributed by atoms with E-state index in [-0.39, 0.29) is 30.0 Å². The molecule has 0 aliphatic carbocycles. The van der Waals surface area contributed by atoms with Gasteiger partial charge in [-0.2, -0.15) is 0 Å². The summed E-state index contributed by atoms with van der Waals surface area (Å²) in [4.78, 5) is 12.8. The molecular formula is C22H43NO4. The average Bonchev–Trinajstić information content (AvgIpc) is 2.63. The predicted octanol–water partition coefficient (Wildman–Crippen LogP) is 3.64. The Labute approximate surface area is 166 Å². The van der Waals surface area contributed by atoms with Gasteiger partial charge in [0.2, 0.25) is 0 Å². The summed E-state index contributed by atoms with van der Waals surface area (Å²) < 4.78 is 11.8. The van der Waals surface area contributed by atoms with Gasteiger partial charge < -0.3 is 19.9 Å². The van der Waals surface area contributed by atoms with E-state index < -0.39 is 6.10 Å². The summed E-state index contributed by atoms with van der Waals surface area (Å²) in [6.07, 6.45) is 1.73. The van der Waals surface area contributed by atoms with Crippen LogP contribution in [0.15, 0.2) is 0 Å². The van der Waals surface area contributed by atoms with E-state index in [1.807, 2.05) is 27.7 Å². The molecule has 0 saturated carbocycles. The Morgan fingerprint density at radius 3 is 2.30 bits per heavy atom. The van der Waals surface area contributed by atoms with E-state index in [0.717, 1.165) is 19.4 Å². The molecule has 1 saturated heterocycles. The summed E-state index contributed by atoms with van der Waals surface area (Å²) in [6, 6.07) is 0. The van der Waals surface area contributed by atoms with Gasteiger partial charge in [0.25, 0.3) is 0 Å². The maximum absolute atomic E-state index is 12.8. The highest BCUT2D eigenvalue weighted by atomic mass is 16.5. The van der Waals surface area contributed by atoms with Crippen molar-refractivity contribution in [2.24, 2.45) is 29.6 Å². The van der Waals surface area contributed by atoms with E-state index in [0.29, 0.717) is 37.3 Å². The highest BCUT2D eigenvalue weighted by Gasteiger charge is 2.33. The summed E-state index contributed by atoms with van der Waals surface area (Å²) in [7, 11) is 0. The van der Waals surface area contributed by atoms with Crippen LogP contribution in [0, 0.1) is 29.6 Å². The number of ether oxygens (including phenoxy) is 2. The lowest BCUT2D eigenvalue weighted by molar-refractivity contribution is -0.164. The van der Waals surface area contributed by atoms with E-state index >= 15 is 0 Å². The van der Waals surface area contributed by atoms with Crippen LogP contribution >= 0.6 is 0 Å². The Balaban J connectivity index is 3.01. The van der Waals surface area contributed by atoms with E-state index in [1.54, 1.807) is 0 Å². The standard InChI is InChI=1S/C22H43NO4/c1-8-20-17(6)19(24)13-23-12-14(3)10-15(4)16(5)11-21(26-9-2)18(7)22(25)27-20/h14-21,23-24H,8-13H2,1-7H3. The fraction of sp³-hybridized carbons (Fsp3) is 0.955. The zero-order valence-corrected chi connectivity index (χ0v) is 18.5. The molecule has 0 radical (unpaired) electrons. The van der Waals surface area contributed by atoms with Gasteiger partial charge in [0.05, 0.1) is 18.1 Å². The topological polar surface area (TPSA) is 67.8 Å². The first-order valence-corrected chi connectivity index (χ1v) is 10.9. The van der Waals surface area contributed by atoms with Crippen molar-refractivity contribution < 1.29 is 19.4 Å². The number of carbonyl (C=O) groups is 1. The van der Waals surface area contributed by atoms with Crippen molar-refractivity contribution in [3.8, 4) is 0 Å². The van der Waals surface area contributed by atoms with Crippen LogP contribution in [-0.4, -0.2) is 49.1 Å². The molecule has 5 heteroatoms. The SMILES string of the molecule is CCOC1CC(C)C(C)CC(C)CNCC(O)C(C)C(CC)OC(=O)C1C. The van der Waals surface area contributed by atoms with Crippen LogP contribution in [0.3, 0.4) is 0 Å². The van der Waals surface area contributed by atoms with Crippen LogP contribution < -0.4 is 5.32 Å². The van der Waals surface area contributed by atoms with Gasteiger partial charge in [0.1, 0.15) is 6.10 Å². The van der Waals surface area contributed by atoms with Crippen molar-refractivity contribution >= 4 is 5.97 Å². The maximum Gasteiger partial charge on any atom is 0.311 e. The van der Waals surface area contributed by atoms with Gasteiger partial charge in [-0.15, -0.1) is 0 Å². The molecule has 8 unspecified atom stereocenters. The summed E-state index contributed by atoms with van der Waals surface area (Å²) in [5, 5.41) is 13.9. The summed E-state index contributed by atoms with van der Waals surface area (Å²) in [5.41, 5.74) is 0. The van der Waals surface area contributed by atoms with Crippen molar-refractivity contribution in [2.45, 2.75) is 86.0 Å². The number of hydrogen-bond donors (Lipinski definition) is 2. The van der Waals surface area contributed by atoms with Gasteiger partial charge >= 0.3 is 5.97 Å². The second-order valence-corrected chi connectivity index (χ2v) is 8.78. The third-order valence-electron chi connectivity index (χ3n) is 6.37. The van der Waals surface area contributed by atoms with Gasteiger partial charge in [-0.25, -0.2) is 0 Å². The Bertz CT molecular complexity index is 431. The van der Waals surface area contributed by atoms with Crippen molar-refractivity contribution in [1.29, 1.82) is 0 Å². The molecule has 1 heterocycles. The summed E-state index contributed by atoms with van der Waals surface area (Å²) in [5.74, 6) is 0.927. The van der Waals surface area contributed by atoms with Gasteiger partial charge in [-0.1, -0.05) is 34.6 Å². The van der Waals surface area contributed by atoms with Crippen LogP contribution in [0.25, 0.3) is 0 Å². The number of esters is 1. The number of aliphatic hydroxyl groups is 1. The molecule has 0 aromatic heterocycles. The van der Waals surface area contributed by atoms with Gasteiger partial charge in [-0.3, -0.25) is 4.79 Å². The normalized spacial score (nSPS) is 40.7. The maximum atomic E-state index is 12.8. The number of nitrogens with one attached hydrogen (secondary N) is 1. The summed E-state index contributed by atoms with van der Waals surface area (Å²) in [6.45, 7) is 16.7. The highest BCUT2D eigenvalue weighted by molar-refractivity contribution is 5.73. The Morgan fingerprint density at radius 1 is 1.07 bits per heavy atom. The molecule has 1 aliphatic rings. The largest absolute Gasteiger partial charge is 0.462 e. The Kier molecular flexibility index (Phi) is 10.9. The molecule has 1 aliphatic heterocycles. The minimum absolute atomic E-state index is 0.109. The Hall–Kier alpha value is -0.650. The number of rotatable bonds is 3. The molecule has 1 rings (SSSR count). The minimum Gasteiger partial charge on any atom is -0.462 e. The summed E-state index contributed by atoms with van der Waals surface area (Å²) >= 11 is 0. The molecule has 0 bridgehead atoms. The number of aliphatic hydroxyl groups excluding tert-OH is 1. The number of β-amino-alcohol motifs (C(OH)–C–C–N with tert-alkyl or cyclic N) is 1. The quantitative estimate of drug-likeness (QED) is 0.726. The fourth-order valence-corrected chi connectivity index (χ4v) is 4.06. The first kappa shape index (κ1) is 24.4. The first-order chi connectivity index (χ1) is 12.7. The van der Waals surface area contributed by atoms with Gasteiger partial charge in [0, 0.05) is 19.1 Å². The fourth-order valence-electron chi connectivity index (χ4n) is 4.06. The smallest absolute Gasteiger partial charge is 0.311 e. The molecule has 2 N–H and O–H groups in total. The van der Waals surface area contributed by atoms with Gasteiger partial charge in [-0.05, 0) is 57.4 Å². The third kappa shape index (κ3) is 7.71. The van der Waals surface area contributed by atoms with Crippen molar-refractivity contribution in [2.75, 3.05) is 19.7 Å². The van der Waals surface area contributed by atoms with Crippen molar-refractivity contribution in [3.63, 3.8) is 0 Å². The number of carbonyl (C=O) groups excluding carboxylic acids is 1. The minimum atomic E-state index is -0.533. The van der Waals surface area contributed by atoms with Crippen molar-refractivity contribution in [1.82, 2.24) is 5.32 Å². The predicted molar refractivity (Wildman–Crippen MR) is 110 cm³/mol. The lowest BCUT2D eigenvalue weighted by Gasteiger charge is -2.31. The molecule has 8 atom stereocenters. The second kappa shape index (κ2) is 12.0. The molecule has 1 fully saturated rings. The monoisotopic (exact) mass is 385 g/mol. The average molecular weight is 386 g/mol. The van der Waals surface area contributed by atoms with Crippen LogP contribution in [-0.2, 0) is 14.3 Å². The zero-order chi connectivity index (χ0) is 20.6. The highest BCUT2D eigenvalue weighted by Crippen LogP contribution is 2.28. The van der Waals surface area contributed by atoms with Gasteiger partial charge in [0.15, 0.2) is 0 Å². The lowest BCUT2D eigenvalue weighted by Crippen LogP contribution is -2.41. The number of cyclic esters (lactones) is 1. The molecule has 27 heavy (non-hydrogen) atoms. The molecule has 0 aromatic rings. The molecule has 0 aromatic carbocycles. The molecular weight excluding hydrogens is 342 g/mol. The van der Waals surface area contributed by atoms with E-state index in [2.05, 4.69) is 26.1 Å². The van der Waals surface area contributed by atoms with E-state index in [1.165, 1.54) is 0 Å². The second-order valence-electron chi connectivity index (χ2n) is 8.78. The third-order valence-corrected chi connectivity index (χ3v) is 6.37. The van der Waals surface area contributed by atoms with E-state index in [9.17, 15) is 9.90 Å². The zero-order valence-electron chi connectivity index (χ0n) is 18.5. The van der Waals surface area contributed by atoms with Crippen molar-refractivity contribution in [3.05, 3.63) is 0 Å².